The second-order valence-corrected chi connectivity index (χ2v) is 10.2. The number of anilines is 1. The maximum absolute atomic E-state index is 13.3. The minimum absolute atomic E-state index is 0.0299. The van der Waals surface area contributed by atoms with Crippen molar-refractivity contribution in [3.8, 4) is 0 Å². The summed E-state index contributed by atoms with van der Waals surface area (Å²) in [6.45, 7) is 6.18. The van der Waals surface area contributed by atoms with E-state index in [9.17, 15) is 19.5 Å². The van der Waals surface area contributed by atoms with Crippen LogP contribution in [0.25, 0.3) is 0 Å². The van der Waals surface area contributed by atoms with Crippen molar-refractivity contribution in [3.63, 3.8) is 0 Å². The number of nitrogens with one attached hydrogen (secondary N) is 1. The predicted molar refractivity (Wildman–Crippen MR) is 112 cm³/mol. The zero-order valence-corrected chi connectivity index (χ0v) is 17.9. The summed E-state index contributed by atoms with van der Waals surface area (Å²) in [5.74, 6) is -2.60. The summed E-state index contributed by atoms with van der Waals surface area (Å²) >= 11 is 1.43. The van der Waals surface area contributed by atoms with E-state index in [0.29, 0.717) is 16.5 Å². The maximum atomic E-state index is 13.3. The molecule has 1 aromatic heterocycles. The number of fused-ring (bicyclic) bond motifs is 3. The summed E-state index contributed by atoms with van der Waals surface area (Å²) in [5.41, 5.74) is 9.31. The van der Waals surface area contributed by atoms with E-state index < -0.39 is 23.7 Å². The SMILES string of the molecule is CC(C)=C1[C@H]2CC[C@@H]1[C@@H](C(=O)O)[C@@H]2C(=O)Nc1sc2c(c1C(N)=O)CC[C@@H](C)C2. The van der Waals surface area contributed by atoms with E-state index >= 15 is 0 Å². The fourth-order valence-electron chi connectivity index (χ4n) is 5.90. The molecular formula is C22H28N2O4S. The van der Waals surface area contributed by atoms with Crippen LogP contribution in [-0.2, 0) is 22.4 Å². The highest BCUT2D eigenvalue weighted by atomic mass is 32.1. The minimum Gasteiger partial charge on any atom is -0.481 e. The van der Waals surface area contributed by atoms with Crippen LogP contribution in [-0.4, -0.2) is 22.9 Å². The van der Waals surface area contributed by atoms with Crippen molar-refractivity contribution in [2.24, 2.45) is 35.3 Å². The quantitative estimate of drug-likeness (QED) is 0.651. The van der Waals surface area contributed by atoms with E-state index in [0.717, 1.165) is 53.7 Å². The summed E-state index contributed by atoms with van der Waals surface area (Å²) in [6.07, 6.45) is 4.32. The van der Waals surface area contributed by atoms with Crippen LogP contribution in [0.3, 0.4) is 0 Å². The molecule has 0 aliphatic heterocycles. The lowest BCUT2D eigenvalue weighted by Crippen LogP contribution is -2.38. The third kappa shape index (κ3) is 3.19. The number of allylic oxidation sites excluding steroid dienone is 2. The average molecular weight is 417 g/mol. The first-order valence-electron chi connectivity index (χ1n) is 10.4. The lowest BCUT2D eigenvalue weighted by atomic mass is 9.78. The maximum Gasteiger partial charge on any atom is 0.307 e. The lowest BCUT2D eigenvalue weighted by Gasteiger charge is -2.26. The summed E-state index contributed by atoms with van der Waals surface area (Å²) in [4.78, 5) is 38.6. The van der Waals surface area contributed by atoms with Gasteiger partial charge in [0.1, 0.15) is 5.00 Å². The van der Waals surface area contributed by atoms with Crippen molar-refractivity contribution >= 4 is 34.1 Å². The van der Waals surface area contributed by atoms with Gasteiger partial charge in [-0.05, 0) is 69.3 Å². The number of thiophene rings is 1. The Kier molecular flexibility index (Phi) is 5.05. The standard InChI is InChI=1S/C22H28N2O4S/c1-9(2)15-12-6-7-13(15)17(22(27)28)16(12)20(26)24-21-18(19(23)25)11-5-4-10(3)8-14(11)29-21/h10,12-13,16-17H,4-8H2,1-3H3,(H2,23,25)(H,24,26)(H,27,28)/t10-,12-,13+,16-,17-/m1/s1. The van der Waals surface area contributed by atoms with Gasteiger partial charge in [0, 0.05) is 4.88 Å². The van der Waals surface area contributed by atoms with Crippen LogP contribution in [0, 0.1) is 29.6 Å². The number of carboxylic acids is 1. The van der Waals surface area contributed by atoms with E-state index in [1.54, 1.807) is 0 Å². The van der Waals surface area contributed by atoms with Gasteiger partial charge >= 0.3 is 5.97 Å². The number of nitrogens with two attached hydrogens (primary N) is 1. The molecule has 4 rings (SSSR count). The number of carboxylic acid groups (broad SMARTS) is 1. The van der Waals surface area contributed by atoms with Crippen LogP contribution >= 0.6 is 11.3 Å². The van der Waals surface area contributed by atoms with Crippen molar-refractivity contribution < 1.29 is 19.5 Å². The molecule has 1 aromatic rings. The van der Waals surface area contributed by atoms with E-state index in [1.165, 1.54) is 11.3 Å². The Bertz CT molecular complexity index is 927. The summed E-state index contributed by atoms with van der Waals surface area (Å²) in [7, 11) is 0. The van der Waals surface area contributed by atoms with Crippen LogP contribution in [0.2, 0.25) is 0 Å². The molecule has 6 nitrogen and oxygen atoms in total. The Balaban J connectivity index is 1.67. The van der Waals surface area contributed by atoms with Gasteiger partial charge in [-0.2, -0.15) is 0 Å². The molecule has 2 saturated carbocycles. The molecule has 7 heteroatoms. The number of carbonyl (C=O) groups is 3. The van der Waals surface area contributed by atoms with Crippen molar-refractivity contribution in [1.29, 1.82) is 0 Å². The van der Waals surface area contributed by atoms with Gasteiger partial charge in [0.15, 0.2) is 0 Å². The van der Waals surface area contributed by atoms with Gasteiger partial charge in [-0.15, -0.1) is 11.3 Å². The highest BCUT2D eigenvalue weighted by Gasteiger charge is 2.57. The Morgan fingerprint density at radius 1 is 1.10 bits per heavy atom. The van der Waals surface area contributed by atoms with Crippen LogP contribution in [0.4, 0.5) is 5.00 Å². The zero-order chi connectivity index (χ0) is 21.0. The smallest absolute Gasteiger partial charge is 0.307 e. The highest BCUT2D eigenvalue weighted by Crippen LogP contribution is 2.57. The molecule has 2 fully saturated rings. The summed E-state index contributed by atoms with van der Waals surface area (Å²) in [5, 5.41) is 13.3. The molecule has 2 bridgehead atoms. The topological polar surface area (TPSA) is 109 Å². The minimum atomic E-state index is -0.912. The molecule has 3 aliphatic rings. The number of amides is 2. The number of primary amides is 1. The molecule has 29 heavy (non-hydrogen) atoms. The number of hydrogen-bond donors (Lipinski definition) is 3. The Hall–Kier alpha value is -2.15. The molecule has 0 spiro atoms. The van der Waals surface area contributed by atoms with Crippen LogP contribution in [0.5, 0.6) is 0 Å². The molecule has 156 valence electrons. The molecule has 2 amide bonds. The second-order valence-electron chi connectivity index (χ2n) is 9.04. The first kappa shape index (κ1) is 20.1. The van der Waals surface area contributed by atoms with Gasteiger partial charge in [-0.1, -0.05) is 18.1 Å². The van der Waals surface area contributed by atoms with Gasteiger partial charge in [0.25, 0.3) is 5.91 Å². The number of rotatable bonds is 4. The first-order chi connectivity index (χ1) is 13.7. The molecule has 0 saturated heterocycles. The van der Waals surface area contributed by atoms with Gasteiger partial charge in [-0.25, -0.2) is 0 Å². The average Bonchev–Trinajstić information content (AvgIpc) is 3.29. The Morgan fingerprint density at radius 3 is 2.34 bits per heavy atom. The molecule has 0 unspecified atom stereocenters. The Morgan fingerprint density at radius 2 is 1.76 bits per heavy atom. The Labute approximate surface area is 174 Å². The first-order valence-corrected chi connectivity index (χ1v) is 11.2. The van der Waals surface area contributed by atoms with Crippen LogP contribution < -0.4 is 11.1 Å². The van der Waals surface area contributed by atoms with E-state index in [2.05, 4.69) is 12.2 Å². The number of carbonyl (C=O) groups excluding carboxylic acids is 2. The van der Waals surface area contributed by atoms with Gasteiger partial charge < -0.3 is 16.2 Å². The van der Waals surface area contributed by atoms with Crippen LogP contribution in [0.15, 0.2) is 11.1 Å². The van der Waals surface area contributed by atoms with Crippen LogP contribution in [0.1, 0.15) is 60.8 Å². The lowest BCUT2D eigenvalue weighted by molar-refractivity contribution is -0.148. The van der Waals surface area contributed by atoms with Gasteiger partial charge in [-0.3, -0.25) is 14.4 Å². The van der Waals surface area contributed by atoms with Gasteiger partial charge in [0.05, 0.1) is 17.4 Å². The normalized spacial score (nSPS) is 30.2. The molecule has 4 N–H and O–H groups in total. The molecule has 3 aliphatic carbocycles. The molecule has 5 atom stereocenters. The fraction of sp³-hybridized carbons (Fsp3) is 0.591. The van der Waals surface area contributed by atoms with Crippen molar-refractivity contribution in [3.05, 3.63) is 27.2 Å². The fourth-order valence-corrected chi connectivity index (χ4v) is 7.32. The molecule has 0 aromatic carbocycles. The molecule has 1 heterocycles. The van der Waals surface area contributed by atoms with Crippen molar-refractivity contribution in [2.75, 3.05) is 5.32 Å². The van der Waals surface area contributed by atoms with E-state index in [1.807, 2.05) is 13.8 Å². The van der Waals surface area contributed by atoms with E-state index in [-0.39, 0.29) is 17.7 Å². The molecule has 0 radical (unpaired) electrons. The van der Waals surface area contributed by atoms with Gasteiger partial charge in [0.2, 0.25) is 5.91 Å². The number of hydrogen-bond acceptors (Lipinski definition) is 4. The monoisotopic (exact) mass is 416 g/mol. The second kappa shape index (κ2) is 7.27. The van der Waals surface area contributed by atoms with Crippen molar-refractivity contribution in [1.82, 2.24) is 0 Å². The third-order valence-electron chi connectivity index (χ3n) is 7.00. The summed E-state index contributed by atoms with van der Waals surface area (Å²) in [6, 6.07) is 0. The largest absolute Gasteiger partial charge is 0.481 e. The third-order valence-corrected chi connectivity index (χ3v) is 8.17. The molecular weight excluding hydrogens is 388 g/mol. The summed E-state index contributed by atoms with van der Waals surface area (Å²) < 4.78 is 0. The van der Waals surface area contributed by atoms with Crippen molar-refractivity contribution in [2.45, 2.75) is 52.9 Å². The highest BCUT2D eigenvalue weighted by molar-refractivity contribution is 7.17. The zero-order valence-electron chi connectivity index (χ0n) is 17.1. The number of aliphatic carboxylic acids is 1. The predicted octanol–water partition coefficient (Wildman–Crippen LogP) is 3.60. The van der Waals surface area contributed by atoms with E-state index in [4.69, 9.17) is 5.73 Å².